The molecular formula is C48H68O11Si. The van der Waals surface area contributed by atoms with Gasteiger partial charge in [0.25, 0.3) is 0 Å². The highest BCUT2D eigenvalue weighted by Crippen LogP contribution is 2.48. The first-order valence-electron chi connectivity index (χ1n) is 22.0. The average molecular weight is 849 g/mol. The zero-order valence-electron chi connectivity index (χ0n) is 36.9. The highest BCUT2D eigenvalue weighted by atomic mass is 28.4. The van der Waals surface area contributed by atoms with Crippen LogP contribution in [0.5, 0.6) is 0 Å². The second kappa shape index (κ2) is 19.9. The van der Waals surface area contributed by atoms with Gasteiger partial charge in [-0.05, 0) is 34.7 Å². The van der Waals surface area contributed by atoms with E-state index in [1.54, 1.807) is 0 Å². The summed E-state index contributed by atoms with van der Waals surface area (Å²) >= 11 is 0. The Hall–Kier alpha value is -2.56. The molecule has 3 aromatic carbocycles. The lowest BCUT2D eigenvalue weighted by Gasteiger charge is -2.50. The van der Waals surface area contributed by atoms with Gasteiger partial charge in [-0.1, -0.05) is 146 Å². The average Bonchev–Trinajstić information content (AvgIpc) is 3.77. The number of aliphatic hydroxyl groups excluding tert-OH is 1. The summed E-state index contributed by atoms with van der Waals surface area (Å²) in [7, 11) is -2.31. The molecule has 11 nitrogen and oxygen atoms in total. The van der Waals surface area contributed by atoms with Gasteiger partial charge in [0, 0.05) is 17.4 Å². The van der Waals surface area contributed by atoms with E-state index in [-0.39, 0.29) is 25.0 Å². The third kappa shape index (κ3) is 9.66. The molecule has 60 heavy (non-hydrogen) atoms. The number of benzene rings is 3. The van der Waals surface area contributed by atoms with Crippen molar-refractivity contribution in [3.05, 3.63) is 108 Å². The Balaban J connectivity index is 1.11. The van der Waals surface area contributed by atoms with Crippen molar-refractivity contribution in [3.63, 3.8) is 0 Å². The molecular weight excluding hydrogens is 781 g/mol. The molecule has 4 aliphatic heterocycles. The molecule has 4 fully saturated rings. The molecule has 12 heteroatoms. The van der Waals surface area contributed by atoms with Gasteiger partial charge in [0.2, 0.25) is 8.32 Å². The normalized spacial score (nSPS) is 34.8. The van der Waals surface area contributed by atoms with Crippen LogP contribution in [0.2, 0.25) is 16.6 Å². The van der Waals surface area contributed by atoms with Crippen LogP contribution in [0.1, 0.15) is 85.3 Å². The van der Waals surface area contributed by atoms with Crippen LogP contribution >= 0.6 is 0 Å². The number of rotatable bonds is 17. The Labute approximate surface area is 358 Å². The zero-order chi connectivity index (χ0) is 42.6. The van der Waals surface area contributed by atoms with Crippen molar-refractivity contribution in [1.29, 1.82) is 0 Å². The van der Waals surface area contributed by atoms with Crippen LogP contribution < -0.4 is 0 Å². The zero-order valence-corrected chi connectivity index (χ0v) is 37.9. The quantitative estimate of drug-likeness (QED) is 0.132. The molecule has 0 amide bonds. The molecule has 4 aliphatic rings. The van der Waals surface area contributed by atoms with Gasteiger partial charge in [-0.2, -0.15) is 0 Å². The van der Waals surface area contributed by atoms with Gasteiger partial charge in [-0.25, -0.2) is 0 Å². The summed E-state index contributed by atoms with van der Waals surface area (Å²) in [6, 6.07) is 30.0. The van der Waals surface area contributed by atoms with Crippen LogP contribution in [0.4, 0.5) is 0 Å². The highest BCUT2D eigenvalue weighted by Gasteiger charge is 2.61. The minimum Gasteiger partial charge on any atom is -0.391 e. The van der Waals surface area contributed by atoms with Gasteiger partial charge in [0.05, 0.1) is 51.3 Å². The number of aliphatic hydroxyl groups is 1. The van der Waals surface area contributed by atoms with Crippen molar-refractivity contribution in [3.8, 4) is 0 Å². The van der Waals surface area contributed by atoms with E-state index in [9.17, 15) is 5.11 Å². The maximum absolute atomic E-state index is 12.0. The van der Waals surface area contributed by atoms with Crippen LogP contribution in [0.3, 0.4) is 0 Å². The standard InChI is InChI=1S/C48H68O11Si/c1-30(2)60(31(3)4,32(5)6)59-44-34(8)39(49)41(35(9)54-44)56-46-42(51-27-37-21-15-11-16-22-37)40(33(7)25-52-46)55-47-43-48(29-53-47,28-50-26-36-19-13-10-14-20-36)58-45(57-43)38-23-17-12-18-24-38/h10-24,30-35,39-47,49H,25-29H2,1-9H3/t33-,34+,35?,39?,40-,41+,42?,43?,44+,45+,46+,47+,48+/m1/s1. The topological polar surface area (TPSA) is 113 Å². The summed E-state index contributed by atoms with van der Waals surface area (Å²) in [5.74, 6) is -0.470. The molecule has 7 rings (SSSR count). The second-order valence-corrected chi connectivity index (χ2v) is 23.7. The molecule has 1 N–H and O–H groups in total. The predicted octanol–water partition coefficient (Wildman–Crippen LogP) is 8.69. The molecule has 4 saturated heterocycles. The lowest BCUT2D eigenvalue weighted by Crippen LogP contribution is -2.62. The van der Waals surface area contributed by atoms with Crippen molar-refractivity contribution in [2.45, 2.75) is 160 Å². The van der Waals surface area contributed by atoms with Gasteiger partial charge in [0.15, 0.2) is 25.2 Å². The number of ether oxygens (including phenoxy) is 9. The molecule has 13 atom stereocenters. The first-order valence-corrected chi connectivity index (χ1v) is 24.2. The molecule has 0 saturated carbocycles. The molecule has 4 heterocycles. The number of hydrogen-bond donors (Lipinski definition) is 1. The van der Waals surface area contributed by atoms with Crippen molar-refractivity contribution in [2.24, 2.45) is 11.8 Å². The van der Waals surface area contributed by atoms with Crippen LogP contribution in [0, 0.1) is 11.8 Å². The first-order chi connectivity index (χ1) is 28.8. The summed E-state index contributed by atoms with van der Waals surface area (Å²) in [6.45, 7) is 21.0. The van der Waals surface area contributed by atoms with E-state index in [1.807, 2.05) is 105 Å². The van der Waals surface area contributed by atoms with Gasteiger partial charge < -0.3 is 52.2 Å². The third-order valence-corrected chi connectivity index (χ3v) is 19.1. The third-order valence-electron chi connectivity index (χ3n) is 13.1. The molecule has 4 unspecified atom stereocenters. The molecule has 3 aromatic rings. The van der Waals surface area contributed by atoms with E-state index >= 15 is 0 Å². The fourth-order valence-corrected chi connectivity index (χ4v) is 15.3. The number of hydrogen-bond acceptors (Lipinski definition) is 11. The Morgan fingerprint density at radius 2 is 1.27 bits per heavy atom. The Morgan fingerprint density at radius 3 is 1.88 bits per heavy atom. The molecule has 0 bridgehead atoms. The maximum Gasteiger partial charge on any atom is 0.203 e. The lowest BCUT2D eigenvalue weighted by molar-refractivity contribution is -0.343. The van der Waals surface area contributed by atoms with Crippen molar-refractivity contribution in [2.75, 3.05) is 19.8 Å². The summed E-state index contributed by atoms with van der Waals surface area (Å²) in [5, 5.41) is 12.0. The van der Waals surface area contributed by atoms with Gasteiger partial charge in [-0.15, -0.1) is 0 Å². The largest absolute Gasteiger partial charge is 0.391 e. The minimum atomic E-state index is -2.31. The van der Waals surface area contributed by atoms with E-state index in [2.05, 4.69) is 48.5 Å². The van der Waals surface area contributed by atoms with Crippen molar-refractivity contribution in [1.82, 2.24) is 0 Å². The predicted molar refractivity (Wildman–Crippen MR) is 229 cm³/mol. The second-order valence-electron chi connectivity index (χ2n) is 18.3. The van der Waals surface area contributed by atoms with Gasteiger partial charge >= 0.3 is 0 Å². The van der Waals surface area contributed by atoms with E-state index in [0.717, 1.165) is 16.7 Å². The fraction of sp³-hybridized carbons (Fsp3) is 0.625. The van der Waals surface area contributed by atoms with Crippen LogP contribution in [0.25, 0.3) is 0 Å². The SMILES string of the molecule is CC1O[C@@H](O[Si](C(C)C)(C(C)C)C(C)C)[C@@H](C)C(O)[C@H]1O[C@@H]1OC[C@@H](C)[C@@H](O[C@@H]2OC[C@]3(COCc4ccccc4)O[C@@H](c4ccccc4)OC23)C1OCc1ccccc1. The van der Waals surface area contributed by atoms with Crippen molar-refractivity contribution >= 4 is 8.32 Å². The summed E-state index contributed by atoms with van der Waals surface area (Å²) < 4.78 is 66.9. The van der Waals surface area contributed by atoms with Crippen LogP contribution in [-0.4, -0.2) is 94.3 Å². The molecule has 0 aliphatic carbocycles. The highest BCUT2D eigenvalue weighted by molar-refractivity contribution is 6.77. The van der Waals surface area contributed by atoms with Crippen LogP contribution in [-0.2, 0) is 60.3 Å². The Bertz CT molecular complexity index is 1730. The fourth-order valence-electron chi connectivity index (χ4n) is 9.82. The smallest absolute Gasteiger partial charge is 0.203 e. The summed E-state index contributed by atoms with van der Waals surface area (Å²) in [4.78, 5) is 0. The minimum absolute atomic E-state index is 0.117. The Kier molecular flexibility index (Phi) is 15.1. The molecule has 0 aromatic heterocycles. The van der Waals surface area contributed by atoms with E-state index in [1.165, 1.54) is 0 Å². The van der Waals surface area contributed by atoms with E-state index in [0.29, 0.717) is 36.4 Å². The molecule has 330 valence electrons. The lowest BCUT2D eigenvalue weighted by atomic mass is 9.92. The van der Waals surface area contributed by atoms with E-state index in [4.69, 9.17) is 47.1 Å². The molecule has 0 spiro atoms. The van der Waals surface area contributed by atoms with Gasteiger partial charge in [0.1, 0.15) is 23.9 Å². The monoisotopic (exact) mass is 848 g/mol. The van der Waals surface area contributed by atoms with Crippen molar-refractivity contribution < 1.29 is 52.2 Å². The molecule has 0 radical (unpaired) electrons. The summed E-state index contributed by atoms with van der Waals surface area (Å²) in [6.07, 6.45) is -6.84. The summed E-state index contributed by atoms with van der Waals surface area (Å²) in [5.41, 5.74) is 3.15. The van der Waals surface area contributed by atoms with E-state index < -0.39 is 75.7 Å². The maximum atomic E-state index is 12.0. The Morgan fingerprint density at radius 1 is 0.683 bits per heavy atom. The first kappa shape index (κ1) is 45.5. The number of fused-ring (bicyclic) bond motifs is 1. The van der Waals surface area contributed by atoms with Crippen LogP contribution in [0.15, 0.2) is 91.0 Å². The van der Waals surface area contributed by atoms with Gasteiger partial charge in [-0.3, -0.25) is 0 Å².